The summed E-state index contributed by atoms with van der Waals surface area (Å²) >= 11 is 0. The van der Waals surface area contributed by atoms with E-state index in [-0.39, 0.29) is 0 Å². The van der Waals surface area contributed by atoms with Gasteiger partial charge in [0.15, 0.2) is 0 Å². The lowest BCUT2D eigenvalue weighted by atomic mass is 9.47. The summed E-state index contributed by atoms with van der Waals surface area (Å²) in [5.41, 5.74) is 3.11. The van der Waals surface area contributed by atoms with E-state index in [0.29, 0.717) is 10.8 Å². The van der Waals surface area contributed by atoms with Crippen molar-refractivity contribution in [2.24, 2.45) is 40.4 Å². The average molecular weight is 469 g/mol. The van der Waals surface area contributed by atoms with Crippen LogP contribution in [0.25, 0.3) is 0 Å². The van der Waals surface area contributed by atoms with Crippen LogP contribution in [0.5, 0.6) is 0 Å². The Morgan fingerprint density at radius 2 is 1.38 bits per heavy atom. The van der Waals surface area contributed by atoms with Gasteiger partial charge in [0.05, 0.1) is 0 Å². The van der Waals surface area contributed by atoms with Crippen molar-refractivity contribution in [1.29, 1.82) is 0 Å². The predicted octanol–water partition coefficient (Wildman–Crippen LogP) is 11.3. The Labute approximate surface area is 214 Å². The molecular formula is C34H60. The van der Waals surface area contributed by atoms with E-state index in [1.165, 1.54) is 116 Å². The fourth-order valence-electron chi connectivity index (χ4n) is 9.66. The molecule has 7 atom stereocenters. The van der Waals surface area contributed by atoms with Crippen molar-refractivity contribution in [2.45, 2.75) is 163 Å². The monoisotopic (exact) mass is 468 g/mol. The molecule has 0 bridgehead atoms. The Bertz CT molecular complexity index is 644. The maximum Gasteiger partial charge on any atom is -0.00851 e. The topological polar surface area (TPSA) is 0 Å². The minimum Gasteiger partial charge on any atom is -0.0845 e. The van der Waals surface area contributed by atoms with Crippen LogP contribution in [0.3, 0.4) is 0 Å². The van der Waals surface area contributed by atoms with E-state index in [1.54, 1.807) is 19.3 Å². The Balaban J connectivity index is 1.16. The highest BCUT2D eigenvalue weighted by Gasteiger charge is 2.58. The van der Waals surface area contributed by atoms with Crippen molar-refractivity contribution in [3.8, 4) is 0 Å². The molecule has 0 aliphatic heterocycles. The summed E-state index contributed by atoms with van der Waals surface area (Å²) < 4.78 is 0. The fraction of sp³-hybridized carbons (Fsp3) is 0.941. The Morgan fingerprint density at radius 1 is 0.735 bits per heavy atom. The highest BCUT2D eigenvalue weighted by Crippen LogP contribution is 2.67. The maximum atomic E-state index is 2.76. The Kier molecular flexibility index (Phi) is 9.71. The molecule has 0 nitrogen and oxygen atoms in total. The van der Waals surface area contributed by atoms with E-state index >= 15 is 0 Å². The molecule has 3 saturated carbocycles. The van der Waals surface area contributed by atoms with Gasteiger partial charge in [0.1, 0.15) is 0 Å². The first-order chi connectivity index (χ1) is 16.5. The van der Waals surface area contributed by atoms with Crippen LogP contribution >= 0.6 is 0 Å². The standard InChI is InChI=1S/C34H60/c1-5-6-7-8-9-10-11-12-13-14-15-16-17-28-19-21-31-30-20-18-29-26-27(2)22-24-34(29,4)32(30)23-25-33(28,31)3/h18,27-28,30-32H,5-17,19-26H2,1-4H3/t27?,28-,30?,31-,32-,33+,34-/m0/s1. The summed E-state index contributed by atoms with van der Waals surface area (Å²) in [7, 11) is 0. The molecule has 0 aromatic rings. The summed E-state index contributed by atoms with van der Waals surface area (Å²) in [5, 5.41) is 0. The molecule has 0 spiro atoms. The molecule has 4 aliphatic rings. The second-order valence-corrected chi connectivity index (χ2v) is 14.1. The van der Waals surface area contributed by atoms with Gasteiger partial charge in [-0.2, -0.15) is 0 Å². The van der Waals surface area contributed by atoms with E-state index in [0.717, 1.165) is 29.6 Å². The third-order valence-electron chi connectivity index (χ3n) is 12.0. The summed E-state index contributed by atoms with van der Waals surface area (Å²) in [5.74, 6) is 5.00. The molecule has 3 fully saturated rings. The minimum absolute atomic E-state index is 0.560. The smallest absolute Gasteiger partial charge is 0.00851 e. The molecular weight excluding hydrogens is 408 g/mol. The van der Waals surface area contributed by atoms with Crippen LogP contribution in [0.1, 0.15) is 163 Å². The number of hydrogen-bond acceptors (Lipinski definition) is 0. The Morgan fingerprint density at radius 3 is 2.06 bits per heavy atom. The number of hydrogen-bond donors (Lipinski definition) is 0. The van der Waals surface area contributed by atoms with Gasteiger partial charge in [-0.15, -0.1) is 0 Å². The van der Waals surface area contributed by atoms with Gasteiger partial charge in [0.2, 0.25) is 0 Å². The van der Waals surface area contributed by atoms with Crippen LogP contribution < -0.4 is 0 Å². The van der Waals surface area contributed by atoms with Gasteiger partial charge in [0.25, 0.3) is 0 Å². The van der Waals surface area contributed by atoms with E-state index < -0.39 is 0 Å². The first-order valence-electron chi connectivity index (χ1n) is 16.2. The zero-order valence-corrected chi connectivity index (χ0v) is 23.8. The number of fused-ring (bicyclic) bond motifs is 5. The third kappa shape index (κ3) is 5.83. The zero-order chi connectivity index (χ0) is 24.0. The SMILES string of the molecule is CCCCCCCCCCCCCC[C@H]1CC[C@H]2C3CC=C4CC(C)CC[C@]4(C)[C@H]3CC[C@]12C. The molecule has 0 saturated heterocycles. The third-order valence-corrected chi connectivity index (χ3v) is 12.0. The molecule has 196 valence electrons. The highest BCUT2D eigenvalue weighted by molar-refractivity contribution is 5.25. The summed E-state index contributed by atoms with van der Waals surface area (Å²) in [4.78, 5) is 0. The first-order valence-corrected chi connectivity index (χ1v) is 16.2. The molecule has 0 heterocycles. The maximum absolute atomic E-state index is 2.76. The summed E-state index contributed by atoms with van der Waals surface area (Å²) in [6.45, 7) is 10.2. The number of rotatable bonds is 13. The predicted molar refractivity (Wildman–Crippen MR) is 150 cm³/mol. The molecule has 0 amide bonds. The average Bonchev–Trinajstić information content (AvgIpc) is 3.16. The fourth-order valence-corrected chi connectivity index (χ4v) is 9.66. The quantitative estimate of drug-likeness (QED) is 0.186. The number of unbranched alkanes of at least 4 members (excludes halogenated alkanes) is 11. The van der Waals surface area contributed by atoms with E-state index in [4.69, 9.17) is 0 Å². The van der Waals surface area contributed by atoms with Gasteiger partial charge in [-0.25, -0.2) is 0 Å². The lowest BCUT2D eigenvalue weighted by Crippen LogP contribution is -2.49. The van der Waals surface area contributed by atoms with Crippen LogP contribution in [0.4, 0.5) is 0 Å². The molecule has 0 aromatic heterocycles. The van der Waals surface area contributed by atoms with Crippen molar-refractivity contribution < 1.29 is 0 Å². The first kappa shape index (κ1) is 26.8. The van der Waals surface area contributed by atoms with Gasteiger partial charge in [-0.05, 0) is 98.2 Å². The molecule has 0 N–H and O–H groups in total. The van der Waals surface area contributed by atoms with E-state index in [2.05, 4.69) is 33.8 Å². The van der Waals surface area contributed by atoms with Crippen molar-refractivity contribution in [3.05, 3.63) is 11.6 Å². The molecule has 34 heavy (non-hydrogen) atoms. The highest BCUT2D eigenvalue weighted by atomic mass is 14.6. The molecule has 4 aliphatic carbocycles. The number of allylic oxidation sites excluding steroid dienone is 2. The molecule has 0 aromatic carbocycles. The zero-order valence-electron chi connectivity index (χ0n) is 23.8. The van der Waals surface area contributed by atoms with Crippen LogP contribution in [0.15, 0.2) is 11.6 Å². The van der Waals surface area contributed by atoms with Crippen molar-refractivity contribution in [1.82, 2.24) is 0 Å². The van der Waals surface area contributed by atoms with E-state index in [9.17, 15) is 0 Å². The largest absolute Gasteiger partial charge is 0.0845 e. The van der Waals surface area contributed by atoms with Crippen LogP contribution in [-0.4, -0.2) is 0 Å². The van der Waals surface area contributed by atoms with Crippen LogP contribution in [0.2, 0.25) is 0 Å². The second-order valence-electron chi connectivity index (χ2n) is 14.1. The molecule has 4 rings (SSSR count). The lowest BCUT2D eigenvalue weighted by molar-refractivity contribution is -0.0450. The van der Waals surface area contributed by atoms with Gasteiger partial charge in [-0.1, -0.05) is 116 Å². The molecule has 2 unspecified atom stereocenters. The Hall–Kier alpha value is -0.260. The molecule has 0 radical (unpaired) electrons. The minimum atomic E-state index is 0.560. The second kappa shape index (κ2) is 12.3. The van der Waals surface area contributed by atoms with Crippen molar-refractivity contribution in [3.63, 3.8) is 0 Å². The van der Waals surface area contributed by atoms with Crippen LogP contribution in [0, 0.1) is 40.4 Å². The summed E-state index contributed by atoms with van der Waals surface area (Å²) in [6, 6.07) is 0. The van der Waals surface area contributed by atoms with E-state index in [1.807, 2.05) is 5.57 Å². The van der Waals surface area contributed by atoms with Crippen LogP contribution in [-0.2, 0) is 0 Å². The summed E-state index contributed by atoms with van der Waals surface area (Å²) in [6.07, 6.45) is 34.0. The lowest BCUT2D eigenvalue weighted by Gasteiger charge is -2.58. The van der Waals surface area contributed by atoms with Gasteiger partial charge < -0.3 is 0 Å². The normalized spacial score (nSPS) is 39.3. The van der Waals surface area contributed by atoms with Gasteiger partial charge >= 0.3 is 0 Å². The van der Waals surface area contributed by atoms with Gasteiger partial charge in [-0.3, -0.25) is 0 Å². The van der Waals surface area contributed by atoms with Gasteiger partial charge in [0, 0.05) is 0 Å². The van der Waals surface area contributed by atoms with Crippen molar-refractivity contribution >= 4 is 0 Å². The molecule has 0 heteroatoms. The van der Waals surface area contributed by atoms with Crippen molar-refractivity contribution in [2.75, 3.05) is 0 Å².